The summed E-state index contributed by atoms with van der Waals surface area (Å²) in [5.41, 5.74) is 1.28. The van der Waals surface area contributed by atoms with Crippen molar-refractivity contribution in [2.45, 2.75) is 39.2 Å². The molecule has 3 rings (SSSR count). The number of hydrogen-bond donors (Lipinski definition) is 2. The van der Waals surface area contributed by atoms with Crippen molar-refractivity contribution in [2.24, 2.45) is 5.92 Å². The van der Waals surface area contributed by atoms with Crippen LogP contribution in [0.1, 0.15) is 36.6 Å². The molecule has 1 atom stereocenters. The van der Waals surface area contributed by atoms with Gasteiger partial charge in [-0.05, 0) is 49.2 Å². The van der Waals surface area contributed by atoms with Gasteiger partial charge in [0.1, 0.15) is 0 Å². The molecule has 144 valence electrons. The van der Waals surface area contributed by atoms with Crippen LogP contribution in [0.15, 0.2) is 11.4 Å². The predicted octanol–water partition coefficient (Wildman–Crippen LogP) is 2.05. The van der Waals surface area contributed by atoms with Crippen molar-refractivity contribution in [3.63, 3.8) is 0 Å². The number of carbonyl (C=O) groups is 2. The summed E-state index contributed by atoms with van der Waals surface area (Å²) < 4.78 is 0. The minimum Gasteiger partial charge on any atom is -0.355 e. The lowest BCUT2D eigenvalue weighted by atomic mass is 9.97. The van der Waals surface area contributed by atoms with E-state index in [0.717, 1.165) is 51.9 Å². The van der Waals surface area contributed by atoms with Crippen LogP contribution in [-0.4, -0.2) is 61.0 Å². The Morgan fingerprint density at radius 2 is 2.12 bits per heavy atom. The molecule has 0 bridgehead atoms. The highest BCUT2D eigenvalue weighted by Gasteiger charge is 2.31. The predicted molar refractivity (Wildman–Crippen MR) is 104 cm³/mol. The first-order valence-corrected chi connectivity index (χ1v) is 10.6. The number of hydrogen-bond acceptors (Lipinski definition) is 4. The van der Waals surface area contributed by atoms with E-state index in [1.54, 1.807) is 11.3 Å². The second-order valence-corrected chi connectivity index (χ2v) is 8.15. The van der Waals surface area contributed by atoms with Gasteiger partial charge in [-0.25, -0.2) is 4.79 Å². The molecule has 0 saturated carbocycles. The largest absolute Gasteiger partial charge is 0.355 e. The number of thiophene rings is 1. The van der Waals surface area contributed by atoms with E-state index < -0.39 is 0 Å². The summed E-state index contributed by atoms with van der Waals surface area (Å²) in [4.78, 5) is 30.5. The van der Waals surface area contributed by atoms with Crippen LogP contribution in [0.3, 0.4) is 0 Å². The molecule has 0 aromatic carbocycles. The minimum absolute atomic E-state index is 0.0829. The normalized spacial score (nSPS) is 20.0. The smallest absolute Gasteiger partial charge is 0.320 e. The Morgan fingerprint density at radius 3 is 2.96 bits per heavy atom. The molecule has 3 heterocycles. The number of rotatable bonds is 6. The zero-order valence-electron chi connectivity index (χ0n) is 15.6. The Labute approximate surface area is 159 Å². The molecule has 0 radical (unpaired) electrons. The van der Waals surface area contributed by atoms with Gasteiger partial charge in [0, 0.05) is 44.1 Å². The van der Waals surface area contributed by atoms with Crippen molar-refractivity contribution in [3.05, 3.63) is 21.9 Å². The van der Waals surface area contributed by atoms with Gasteiger partial charge in [0.05, 0.1) is 5.92 Å². The zero-order valence-corrected chi connectivity index (χ0v) is 16.4. The molecule has 1 aromatic heterocycles. The van der Waals surface area contributed by atoms with Gasteiger partial charge in [-0.3, -0.25) is 4.79 Å². The molecule has 2 aliphatic rings. The van der Waals surface area contributed by atoms with E-state index in [1.807, 2.05) is 9.80 Å². The van der Waals surface area contributed by atoms with Gasteiger partial charge in [-0.1, -0.05) is 6.92 Å². The maximum absolute atomic E-state index is 12.9. The third-order valence-electron chi connectivity index (χ3n) is 5.17. The number of amides is 3. The number of nitrogens with zero attached hydrogens (tertiary/aromatic N) is 2. The third kappa shape index (κ3) is 4.76. The number of likely N-dealkylation sites (tertiary alicyclic amines) is 1. The van der Waals surface area contributed by atoms with Crippen molar-refractivity contribution in [2.75, 3.05) is 39.3 Å². The first kappa shape index (κ1) is 19.2. The van der Waals surface area contributed by atoms with Crippen LogP contribution in [-0.2, 0) is 17.8 Å². The molecule has 1 unspecified atom stereocenters. The summed E-state index contributed by atoms with van der Waals surface area (Å²) in [5, 5.41) is 8.40. The van der Waals surface area contributed by atoms with E-state index in [4.69, 9.17) is 0 Å². The quantitative estimate of drug-likeness (QED) is 0.745. The number of carbonyl (C=O) groups excluding carboxylic acids is 2. The summed E-state index contributed by atoms with van der Waals surface area (Å²) in [7, 11) is 0. The maximum atomic E-state index is 12.9. The van der Waals surface area contributed by atoms with Crippen LogP contribution in [0, 0.1) is 5.92 Å². The molecule has 2 aliphatic heterocycles. The molecule has 1 saturated heterocycles. The van der Waals surface area contributed by atoms with E-state index in [2.05, 4.69) is 29.0 Å². The monoisotopic (exact) mass is 378 g/mol. The fourth-order valence-corrected chi connectivity index (χ4v) is 4.59. The molecule has 0 spiro atoms. The Balaban J connectivity index is 1.47. The highest BCUT2D eigenvalue weighted by Crippen LogP contribution is 2.26. The van der Waals surface area contributed by atoms with Gasteiger partial charge in [0.2, 0.25) is 5.91 Å². The minimum atomic E-state index is -0.0830. The fourth-order valence-electron chi connectivity index (χ4n) is 3.70. The number of urea groups is 1. The summed E-state index contributed by atoms with van der Waals surface area (Å²) in [6, 6.07) is 2.21. The number of nitrogens with one attached hydrogen (secondary N) is 2. The van der Waals surface area contributed by atoms with Crippen molar-refractivity contribution < 1.29 is 9.59 Å². The summed E-state index contributed by atoms with van der Waals surface area (Å²) in [6.45, 7) is 7.33. The van der Waals surface area contributed by atoms with Crippen LogP contribution in [0.4, 0.5) is 4.79 Å². The van der Waals surface area contributed by atoms with Crippen molar-refractivity contribution in [1.82, 2.24) is 20.4 Å². The third-order valence-corrected chi connectivity index (χ3v) is 6.19. The molecular weight excluding hydrogens is 348 g/mol. The Kier molecular flexibility index (Phi) is 6.91. The van der Waals surface area contributed by atoms with E-state index in [0.29, 0.717) is 19.6 Å². The van der Waals surface area contributed by atoms with Crippen molar-refractivity contribution in [3.8, 4) is 0 Å². The summed E-state index contributed by atoms with van der Waals surface area (Å²) >= 11 is 1.78. The molecule has 1 fully saturated rings. The highest BCUT2D eigenvalue weighted by atomic mass is 32.1. The van der Waals surface area contributed by atoms with E-state index in [1.165, 1.54) is 10.4 Å². The lowest BCUT2D eigenvalue weighted by Crippen LogP contribution is -2.51. The van der Waals surface area contributed by atoms with Crippen LogP contribution in [0.2, 0.25) is 0 Å². The fraction of sp³-hybridized carbons (Fsp3) is 0.684. The molecule has 1 aromatic rings. The van der Waals surface area contributed by atoms with Crippen LogP contribution >= 0.6 is 11.3 Å². The standard InChI is InChI=1S/C19H30N4O2S/c1-2-7-20-8-9-21-18(24)16-4-3-10-22(14-16)19(25)23-11-5-17-15(13-23)6-12-26-17/h6,12,16,20H,2-5,7-11,13-14H2,1H3,(H,21,24). The molecule has 26 heavy (non-hydrogen) atoms. The van der Waals surface area contributed by atoms with Gasteiger partial charge < -0.3 is 20.4 Å². The van der Waals surface area contributed by atoms with Crippen molar-refractivity contribution >= 4 is 23.3 Å². The lowest BCUT2D eigenvalue weighted by Gasteiger charge is -2.37. The first-order valence-electron chi connectivity index (χ1n) is 9.76. The number of piperidine rings is 1. The van der Waals surface area contributed by atoms with Crippen LogP contribution in [0.5, 0.6) is 0 Å². The average Bonchev–Trinajstić information content (AvgIpc) is 3.15. The maximum Gasteiger partial charge on any atom is 0.320 e. The second kappa shape index (κ2) is 9.37. The Hall–Kier alpha value is -1.60. The Morgan fingerprint density at radius 1 is 1.23 bits per heavy atom. The Bertz CT molecular complexity index is 618. The van der Waals surface area contributed by atoms with Gasteiger partial charge in [-0.2, -0.15) is 0 Å². The van der Waals surface area contributed by atoms with E-state index in [9.17, 15) is 9.59 Å². The van der Waals surface area contributed by atoms with Crippen LogP contribution in [0.25, 0.3) is 0 Å². The van der Waals surface area contributed by atoms with E-state index >= 15 is 0 Å². The van der Waals surface area contributed by atoms with Crippen molar-refractivity contribution in [1.29, 1.82) is 0 Å². The lowest BCUT2D eigenvalue weighted by molar-refractivity contribution is -0.126. The van der Waals surface area contributed by atoms with E-state index in [-0.39, 0.29) is 17.9 Å². The molecular formula is C19H30N4O2S. The molecule has 6 nitrogen and oxygen atoms in total. The topological polar surface area (TPSA) is 64.7 Å². The van der Waals surface area contributed by atoms with Crippen LogP contribution < -0.4 is 10.6 Å². The first-order chi connectivity index (χ1) is 12.7. The highest BCUT2D eigenvalue weighted by molar-refractivity contribution is 7.10. The van der Waals surface area contributed by atoms with Gasteiger partial charge in [0.15, 0.2) is 0 Å². The zero-order chi connectivity index (χ0) is 18.4. The molecule has 2 N–H and O–H groups in total. The summed E-state index contributed by atoms with van der Waals surface area (Å²) in [6.07, 6.45) is 3.81. The van der Waals surface area contributed by atoms with Gasteiger partial charge in [0.25, 0.3) is 0 Å². The molecule has 3 amide bonds. The molecule has 0 aliphatic carbocycles. The SMILES string of the molecule is CCCNCCNC(=O)C1CCCN(C(=O)N2CCc3sccc3C2)C1. The van der Waals surface area contributed by atoms with Gasteiger partial charge in [-0.15, -0.1) is 11.3 Å². The summed E-state index contributed by atoms with van der Waals surface area (Å²) in [5.74, 6) is -0.0000577. The average molecular weight is 379 g/mol. The number of fused-ring (bicyclic) bond motifs is 1. The van der Waals surface area contributed by atoms with Gasteiger partial charge >= 0.3 is 6.03 Å². The molecule has 7 heteroatoms. The second-order valence-electron chi connectivity index (χ2n) is 7.15.